The van der Waals surface area contributed by atoms with E-state index in [1.54, 1.807) is 40.2 Å². The zero-order valence-corrected chi connectivity index (χ0v) is 39.0. The van der Waals surface area contributed by atoms with E-state index >= 15 is 0 Å². The average Bonchev–Trinajstić information content (AvgIpc) is 3.62. The molecule has 0 aromatic heterocycles. The molecule has 8 aliphatic rings. The Morgan fingerprint density at radius 2 is 1.53 bits per heavy atom. The molecule has 4 unspecified atom stereocenters. The lowest BCUT2D eigenvalue weighted by Crippen LogP contribution is -2.58. The molecule has 6 heterocycles. The predicted octanol–water partition coefficient (Wildman–Crippen LogP) is 5.91. The molecule has 0 radical (unpaired) electrons. The Kier molecular flexibility index (Phi) is 15.1. The number of ether oxygens (including phenoxy) is 10. The van der Waals surface area contributed by atoms with E-state index < -0.39 is 90.8 Å². The third kappa shape index (κ3) is 9.82. The van der Waals surface area contributed by atoms with E-state index in [-0.39, 0.29) is 36.8 Å². The molecule has 2 bridgehead atoms. The minimum absolute atomic E-state index is 0.0242. The van der Waals surface area contributed by atoms with Gasteiger partial charge in [0.05, 0.1) is 49.3 Å². The van der Waals surface area contributed by atoms with Crippen LogP contribution in [0.3, 0.4) is 0 Å². The van der Waals surface area contributed by atoms with Crippen molar-refractivity contribution in [3.8, 4) is 0 Å². The van der Waals surface area contributed by atoms with E-state index in [0.717, 1.165) is 18.4 Å². The highest BCUT2D eigenvalue weighted by atomic mass is 16.7. The van der Waals surface area contributed by atoms with Crippen molar-refractivity contribution >= 4 is 5.97 Å². The molecule has 4 saturated heterocycles. The van der Waals surface area contributed by atoms with Crippen molar-refractivity contribution in [2.24, 2.45) is 23.7 Å². The molecular formula is C50H74O14. The number of hydrogen-bond donors (Lipinski definition) is 3. The molecule has 14 nitrogen and oxygen atoms in total. The highest BCUT2D eigenvalue weighted by Crippen LogP contribution is 2.48. The van der Waals surface area contributed by atoms with Gasteiger partial charge in [0.25, 0.3) is 0 Å². The molecule has 2 aliphatic carbocycles. The summed E-state index contributed by atoms with van der Waals surface area (Å²) < 4.78 is 64.1. The Labute approximate surface area is 379 Å². The Morgan fingerprint density at radius 3 is 2.28 bits per heavy atom. The van der Waals surface area contributed by atoms with Gasteiger partial charge in [0, 0.05) is 51.7 Å². The van der Waals surface area contributed by atoms with Crippen molar-refractivity contribution in [1.29, 1.82) is 0 Å². The Bertz CT molecular complexity index is 1790. The van der Waals surface area contributed by atoms with Gasteiger partial charge in [-0.05, 0) is 75.7 Å². The lowest BCUT2D eigenvalue weighted by Gasteiger charge is -2.49. The standard InChI is InChI=1S/C50H74O14/c1-27-13-12-16-34-26-57-47-42(51)30(4)21-37(50(34,47)54)48(53)60-36-22-35(63-49(25-36)20-19-29(3)45(64-49)33-14-10-9-11-15-33)18-17-28(2)44(27)61-41-24-39(56-8)46(32(6)59-41)62-40-23-38(55-7)43(52)31(5)58-40/h12-13,16-17,19-21,27,29,31-33,35-47,51-52,54H,9-11,14-15,18,22-26H2,1-8H3/b13-12+,28-17+,34-16+/t27-,29-,31?,32?,35+,36-,37-,38+,39+,40-,41-,42?,43-,44-,45-,46-,47+,49?,50+/m0/s1. The molecular weight excluding hydrogens is 825 g/mol. The highest BCUT2D eigenvalue weighted by Gasteiger charge is 2.60. The molecule has 14 heteroatoms. The van der Waals surface area contributed by atoms with Crippen LogP contribution < -0.4 is 0 Å². The largest absolute Gasteiger partial charge is 0.462 e. The van der Waals surface area contributed by atoms with Crippen molar-refractivity contribution < 1.29 is 67.5 Å². The molecule has 0 aromatic rings. The van der Waals surface area contributed by atoms with E-state index in [9.17, 15) is 20.1 Å². The number of aliphatic hydroxyl groups is 3. The summed E-state index contributed by atoms with van der Waals surface area (Å²) in [6.07, 6.45) is 13.8. The van der Waals surface area contributed by atoms with Crippen LogP contribution in [0.2, 0.25) is 0 Å². The molecule has 6 aliphatic heterocycles. The van der Waals surface area contributed by atoms with Gasteiger partial charge in [-0.15, -0.1) is 0 Å². The van der Waals surface area contributed by atoms with Gasteiger partial charge in [-0.1, -0.05) is 69.6 Å². The maximum atomic E-state index is 14.4. The zero-order valence-electron chi connectivity index (χ0n) is 39.0. The fourth-order valence-electron chi connectivity index (χ4n) is 11.7. The van der Waals surface area contributed by atoms with Crippen molar-refractivity contribution in [2.75, 3.05) is 20.8 Å². The molecule has 5 fully saturated rings. The number of allylic oxidation sites excluding steroid dienone is 2. The maximum absolute atomic E-state index is 14.4. The number of rotatable bonds is 7. The van der Waals surface area contributed by atoms with Crippen LogP contribution in [0.5, 0.6) is 0 Å². The summed E-state index contributed by atoms with van der Waals surface area (Å²) in [5.41, 5.74) is 0.166. The van der Waals surface area contributed by atoms with Crippen molar-refractivity contribution in [1.82, 2.24) is 0 Å². The monoisotopic (exact) mass is 899 g/mol. The first kappa shape index (κ1) is 48.2. The van der Waals surface area contributed by atoms with E-state index in [4.69, 9.17) is 47.4 Å². The first-order chi connectivity index (χ1) is 30.6. The molecule has 0 amide bonds. The van der Waals surface area contributed by atoms with Crippen LogP contribution in [-0.2, 0) is 52.2 Å². The molecule has 3 N–H and O–H groups in total. The van der Waals surface area contributed by atoms with Crippen LogP contribution >= 0.6 is 0 Å². The SMILES string of the molecule is CO[C@@H]1C[C@H](O[C@H]2C(C)O[C@@H](O[C@@H]3/C(C)=C/C[C@@H]4C[C@@H](CC5(C=C[C@H](C)[C@@H](C6CCCCC6)O5)O4)OC(=O)[C@@H]4C=C(C)C(O)[C@H]5OC/C(=C\C=C\[C@@H]3C)[C@]54O)C[C@H]2OC)OC(C)[C@@H]1O. The Hall–Kier alpha value is -2.31. The predicted molar refractivity (Wildman–Crippen MR) is 234 cm³/mol. The number of aliphatic hydroxyl groups excluding tert-OH is 2. The maximum Gasteiger partial charge on any atom is 0.316 e. The van der Waals surface area contributed by atoms with E-state index in [1.807, 2.05) is 25.2 Å². The third-order valence-electron chi connectivity index (χ3n) is 15.4. The van der Waals surface area contributed by atoms with E-state index in [2.05, 4.69) is 32.9 Å². The molecule has 0 aromatic carbocycles. The summed E-state index contributed by atoms with van der Waals surface area (Å²) in [4.78, 5) is 14.4. The van der Waals surface area contributed by atoms with Crippen LogP contribution in [0, 0.1) is 23.7 Å². The van der Waals surface area contributed by atoms with Crippen LogP contribution in [0.25, 0.3) is 0 Å². The molecule has 64 heavy (non-hydrogen) atoms. The van der Waals surface area contributed by atoms with Crippen LogP contribution in [0.1, 0.15) is 106 Å². The van der Waals surface area contributed by atoms with E-state index in [0.29, 0.717) is 49.2 Å². The van der Waals surface area contributed by atoms with Gasteiger partial charge in [-0.3, -0.25) is 4.79 Å². The van der Waals surface area contributed by atoms with Gasteiger partial charge in [-0.25, -0.2) is 0 Å². The van der Waals surface area contributed by atoms with Crippen molar-refractivity contribution in [3.63, 3.8) is 0 Å². The van der Waals surface area contributed by atoms with Gasteiger partial charge in [0.1, 0.15) is 42.0 Å². The summed E-state index contributed by atoms with van der Waals surface area (Å²) in [5, 5.41) is 34.3. The molecule has 1 spiro atoms. The summed E-state index contributed by atoms with van der Waals surface area (Å²) in [6.45, 7) is 11.9. The van der Waals surface area contributed by atoms with Gasteiger partial charge >= 0.3 is 5.97 Å². The second kappa shape index (κ2) is 20.1. The number of hydrogen-bond acceptors (Lipinski definition) is 14. The zero-order chi connectivity index (χ0) is 45.5. The van der Waals surface area contributed by atoms with Crippen LogP contribution in [-0.4, -0.2) is 139 Å². The summed E-state index contributed by atoms with van der Waals surface area (Å²) in [5.74, 6) is -2.32. The van der Waals surface area contributed by atoms with E-state index in [1.165, 1.54) is 19.3 Å². The third-order valence-corrected chi connectivity index (χ3v) is 15.4. The molecule has 358 valence electrons. The second-order valence-corrected chi connectivity index (χ2v) is 20.0. The van der Waals surface area contributed by atoms with Crippen LogP contribution in [0.15, 0.2) is 59.3 Å². The number of esters is 1. The fraction of sp³-hybridized carbons (Fsp3) is 0.780. The number of fused-ring (bicyclic) bond motifs is 2. The first-order valence-corrected chi connectivity index (χ1v) is 24.0. The van der Waals surface area contributed by atoms with Crippen LogP contribution in [0.4, 0.5) is 0 Å². The normalized spacial score (nSPS) is 49.2. The quantitative estimate of drug-likeness (QED) is 0.204. The minimum atomic E-state index is -1.83. The van der Waals surface area contributed by atoms with Gasteiger partial charge in [-0.2, -0.15) is 0 Å². The number of carbonyl (C=O) groups excluding carboxylic acids is 1. The molecule has 1 saturated carbocycles. The van der Waals surface area contributed by atoms with Gasteiger partial charge in [0.2, 0.25) is 0 Å². The minimum Gasteiger partial charge on any atom is -0.462 e. The Balaban J connectivity index is 1.08. The summed E-state index contributed by atoms with van der Waals surface area (Å²) in [6, 6.07) is 0. The lowest BCUT2D eigenvalue weighted by molar-refractivity contribution is -0.318. The topological polar surface area (TPSA) is 170 Å². The van der Waals surface area contributed by atoms with Gasteiger partial charge < -0.3 is 62.7 Å². The molecule has 8 rings (SSSR count). The lowest BCUT2D eigenvalue weighted by atomic mass is 9.71. The fourth-order valence-corrected chi connectivity index (χ4v) is 11.7. The average molecular weight is 899 g/mol. The number of methoxy groups -OCH3 is 2. The van der Waals surface area contributed by atoms with Gasteiger partial charge in [0.15, 0.2) is 18.4 Å². The van der Waals surface area contributed by atoms with Crippen molar-refractivity contribution in [3.05, 3.63) is 59.3 Å². The van der Waals surface area contributed by atoms with Crippen molar-refractivity contribution in [2.45, 2.75) is 203 Å². The first-order valence-electron chi connectivity index (χ1n) is 24.0. The summed E-state index contributed by atoms with van der Waals surface area (Å²) >= 11 is 0. The molecule has 19 atom stereocenters. The number of carbonyl (C=O) groups is 1. The second-order valence-electron chi connectivity index (χ2n) is 20.0. The Morgan fingerprint density at radius 1 is 0.812 bits per heavy atom. The summed E-state index contributed by atoms with van der Waals surface area (Å²) in [7, 11) is 3.23. The highest BCUT2D eigenvalue weighted by molar-refractivity contribution is 5.78. The smallest absolute Gasteiger partial charge is 0.316 e.